The molecule has 2 aromatic carbocycles. The summed E-state index contributed by atoms with van der Waals surface area (Å²) in [4.78, 5) is 11.6. The molecule has 22 heavy (non-hydrogen) atoms. The monoisotopic (exact) mass is 297 g/mol. The summed E-state index contributed by atoms with van der Waals surface area (Å²) in [6, 6.07) is 14.5. The number of hydrazine groups is 2. The molecule has 4 N–H and O–H groups in total. The Balaban J connectivity index is 1.75. The molecule has 0 aromatic heterocycles. The van der Waals surface area contributed by atoms with Crippen molar-refractivity contribution < 1.29 is 4.79 Å². The van der Waals surface area contributed by atoms with Crippen molar-refractivity contribution in [3.05, 3.63) is 42.5 Å². The number of hydrogen-bond acceptors (Lipinski definition) is 5. The van der Waals surface area contributed by atoms with Crippen LogP contribution in [0.4, 0.5) is 5.69 Å². The van der Waals surface area contributed by atoms with E-state index in [1.54, 1.807) is 0 Å². The van der Waals surface area contributed by atoms with E-state index in [1.165, 1.54) is 10.8 Å². The molecule has 0 saturated carbocycles. The molecule has 2 aromatic rings. The number of primary amides is 1. The van der Waals surface area contributed by atoms with E-state index in [-0.39, 0.29) is 11.9 Å². The molecule has 114 valence electrons. The van der Waals surface area contributed by atoms with Crippen LogP contribution in [0.25, 0.3) is 10.8 Å². The summed E-state index contributed by atoms with van der Waals surface area (Å²) >= 11 is 0. The fraction of sp³-hybridized carbons (Fsp3) is 0.312. The third-order valence-corrected chi connectivity index (χ3v) is 4.40. The first-order valence-electron chi connectivity index (χ1n) is 7.55. The first-order valence-corrected chi connectivity index (χ1v) is 7.55. The van der Waals surface area contributed by atoms with Gasteiger partial charge in [-0.25, -0.2) is 5.43 Å². The average Bonchev–Trinajstić information content (AvgIpc) is 2.90. The van der Waals surface area contributed by atoms with E-state index in [4.69, 9.17) is 5.73 Å². The summed E-state index contributed by atoms with van der Waals surface area (Å²) < 4.78 is 0. The van der Waals surface area contributed by atoms with Gasteiger partial charge in [0, 0.05) is 18.5 Å². The summed E-state index contributed by atoms with van der Waals surface area (Å²) in [5.74, 6) is -0.319. The van der Waals surface area contributed by atoms with Gasteiger partial charge in [0.1, 0.15) is 6.04 Å². The molecule has 0 aliphatic carbocycles. The Labute approximate surface area is 128 Å². The minimum atomic E-state index is -0.362. The van der Waals surface area contributed by atoms with Crippen molar-refractivity contribution in [2.45, 2.75) is 12.1 Å². The molecule has 6 nitrogen and oxygen atoms in total. The van der Waals surface area contributed by atoms with Gasteiger partial charge in [-0.1, -0.05) is 36.4 Å². The molecule has 6 heteroatoms. The molecular formula is C16H19N5O. The third-order valence-electron chi connectivity index (χ3n) is 4.40. The summed E-state index contributed by atoms with van der Waals surface area (Å²) in [7, 11) is 0. The molecule has 2 aliphatic heterocycles. The second-order valence-corrected chi connectivity index (χ2v) is 5.82. The van der Waals surface area contributed by atoms with Crippen molar-refractivity contribution in [2.75, 3.05) is 24.6 Å². The van der Waals surface area contributed by atoms with E-state index in [1.807, 2.05) is 18.2 Å². The van der Waals surface area contributed by atoms with Gasteiger partial charge in [-0.3, -0.25) is 9.80 Å². The smallest absolute Gasteiger partial charge is 0.237 e. The molecule has 0 bridgehead atoms. The van der Waals surface area contributed by atoms with Crippen LogP contribution in [0.5, 0.6) is 0 Å². The van der Waals surface area contributed by atoms with Gasteiger partial charge in [0.25, 0.3) is 0 Å². The standard InChI is InChI=1S/C16H19N5O/c17-16(22)14-10-20(21(19-14)12-8-18-9-12)15-7-3-5-11-4-1-2-6-13(11)15/h1-7,12,14,18-19H,8-10H2,(H2,17,22). The number of carbonyl (C=O) groups is 1. The summed E-state index contributed by atoms with van der Waals surface area (Å²) in [5, 5.41) is 9.84. The highest BCUT2D eigenvalue weighted by molar-refractivity contribution is 5.94. The van der Waals surface area contributed by atoms with Crippen molar-refractivity contribution in [1.82, 2.24) is 15.9 Å². The van der Waals surface area contributed by atoms with Gasteiger partial charge in [-0.2, -0.15) is 0 Å². The van der Waals surface area contributed by atoms with Crippen molar-refractivity contribution in [3.8, 4) is 0 Å². The van der Waals surface area contributed by atoms with E-state index in [9.17, 15) is 4.79 Å². The molecular weight excluding hydrogens is 278 g/mol. The first-order chi connectivity index (χ1) is 10.7. The largest absolute Gasteiger partial charge is 0.368 e. The molecule has 1 amide bonds. The molecule has 4 rings (SSSR count). The molecule has 2 saturated heterocycles. The Morgan fingerprint density at radius 3 is 2.64 bits per heavy atom. The maximum atomic E-state index is 11.6. The second-order valence-electron chi connectivity index (χ2n) is 5.82. The highest BCUT2D eigenvalue weighted by Gasteiger charge is 2.39. The number of nitrogens with zero attached hydrogens (tertiary/aromatic N) is 2. The van der Waals surface area contributed by atoms with E-state index >= 15 is 0 Å². The predicted molar refractivity (Wildman–Crippen MR) is 85.9 cm³/mol. The summed E-state index contributed by atoms with van der Waals surface area (Å²) in [5.41, 5.74) is 9.85. The zero-order chi connectivity index (χ0) is 15.1. The van der Waals surface area contributed by atoms with Crippen LogP contribution < -0.4 is 21.5 Å². The van der Waals surface area contributed by atoms with E-state index in [0.29, 0.717) is 12.6 Å². The van der Waals surface area contributed by atoms with Crippen molar-refractivity contribution in [3.63, 3.8) is 0 Å². The highest BCUT2D eigenvalue weighted by atomic mass is 16.2. The summed E-state index contributed by atoms with van der Waals surface area (Å²) in [6.45, 7) is 2.36. The maximum absolute atomic E-state index is 11.6. The van der Waals surface area contributed by atoms with Gasteiger partial charge in [0.05, 0.1) is 18.3 Å². The Bertz CT molecular complexity index is 709. The molecule has 0 radical (unpaired) electrons. The van der Waals surface area contributed by atoms with Gasteiger partial charge in [-0.05, 0) is 11.5 Å². The van der Waals surface area contributed by atoms with E-state index < -0.39 is 0 Å². The molecule has 0 spiro atoms. The number of hydrogen-bond donors (Lipinski definition) is 3. The fourth-order valence-electron chi connectivity index (χ4n) is 3.08. The zero-order valence-corrected chi connectivity index (χ0v) is 12.2. The van der Waals surface area contributed by atoms with Gasteiger partial charge < -0.3 is 11.1 Å². The van der Waals surface area contributed by atoms with Crippen LogP contribution in [0.3, 0.4) is 0 Å². The minimum absolute atomic E-state index is 0.319. The molecule has 1 atom stereocenters. The number of fused-ring (bicyclic) bond motifs is 1. The lowest BCUT2D eigenvalue weighted by Crippen LogP contribution is -2.63. The molecule has 2 aliphatic rings. The average molecular weight is 297 g/mol. The Kier molecular flexibility index (Phi) is 3.22. The number of anilines is 1. The molecule has 2 fully saturated rings. The third kappa shape index (κ3) is 2.12. The van der Waals surface area contributed by atoms with Gasteiger partial charge in [-0.15, -0.1) is 5.12 Å². The van der Waals surface area contributed by atoms with Crippen LogP contribution in [0.1, 0.15) is 0 Å². The summed E-state index contributed by atoms with van der Waals surface area (Å²) in [6.07, 6.45) is 0. The van der Waals surface area contributed by atoms with Crippen LogP contribution >= 0.6 is 0 Å². The second kappa shape index (κ2) is 5.24. The van der Waals surface area contributed by atoms with Crippen LogP contribution in [-0.2, 0) is 4.79 Å². The van der Waals surface area contributed by atoms with Crippen molar-refractivity contribution in [2.24, 2.45) is 5.73 Å². The normalized spacial score (nSPS) is 22.9. The van der Waals surface area contributed by atoms with Crippen molar-refractivity contribution >= 4 is 22.4 Å². The van der Waals surface area contributed by atoms with Crippen LogP contribution in [0, 0.1) is 0 Å². The molecule has 2 heterocycles. The quantitative estimate of drug-likeness (QED) is 0.755. The minimum Gasteiger partial charge on any atom is -0.368 e. The predicted octanol–water partition coefficient (Wildman–Crippen LogP) is 0.207. The highest BCUT2D eigenvalue weighted by Crippen LogP contribution is 2.30. The number of benzene rings is 2. The lowest BCUT2D eigenvalue weighted by atomic mass is 10.1. The van der Waals surface area contributed by atoms with Gasteiger partial charge >= 0.3 is 0 Å². The Hall–Kier alpha value is -2.15. The topological polar surface area (TPSA) is 73.6 Å². The number of nitrogens with one attached hydrogen (secondary N) is 2. The van der Waals surface area contributed by atoms with Crippen LogP contribution in [0.2, 0.25) is 0 Å². The van der Waals surface area contributed by atoms with Crippen molar-refractivity contribution in [1.29, 1.82) is 0 Å². The Morgan fingerprint density at radius 2 is 1.91 bits per heavy atom. The number of amides is 1. The fourth-order valence-corrected chi connectivity index (χ4v) is 3.08. The van der Waals surface area contributed by atoms with E-state index in [2.05, 4.69) is 45.1 Å². The SMILES string of the molecule is NC(=O)C1CN(c2cccc3ccccc23)N(C2CNC2)N1. The zero-order valence-electron chi connectivity index (χ0n) is 12.2. The number of rotatable bonds is 3. The maximum Gasteiger partial charge on any atom is 0.237 e. The number of nitrogens with two attached hydrogens (primary N) is 1. The molecule has 1 unspecified atom stereocenters. The Morgan fingerprint density at radius 1 is 1.14 bits per heavy atom. The lowest BCUT2D eigenvalue weighted by Gasteiger charge is -2.40. The lowest BCUT2D eigenvalue weighted by molar-refractivity contribution is -0.120. The number of carbonyl (C=O) groups excluding carboxylic acids is 1. The van der Waals surface area contributed by atoms with E-state index in [0.717, 1.165) is 18.8 Å². The van der Waals surface area contributed by atoms with Crippen LogP contribution in [-0.4, -0.2) is 42.7 Å². The van der Waals surface area contributed by atoms with Gasteiger partial charge in [0.2, 0.25) is 5.91 Å². The van der Waals surface area contributed by atoms with Gasteiger partial charge in [0.15, 0.2) is 0 Å². The first kappa shape index (κ1) is 13.5. The van der Waals surface area contributed by atoms with Crippen LogP contribution in [0.15, 0.2) is 42.5 Å².